The third kappa shape index (κ3) is 3.77. The molecule has 0 fully saturated rings. The van der Waals surface area contributed by atoms with Crippen molar-refractivity contribution in [3.8, 4) is 24.2 Å². The molecule has 0 spiro atoms. The summed E-state index contributed by atoms with van der Waals surface area (Å²) in [6.45, 7) is 0. The number of benzene rings is 2. The molecule has 1 amide bonds. The van der Waals surface area contributed by atoms with E-state index in [4.69, 9.17) is 6.42 Å². The summed E-state index contributed by atoms with van der Waals surface area (Å²) >= 11 is 0. The highest BCUT2D eigenvalue weighted by molar-refractivity contribution is 6.04. The zero-order valence-electron chi connectivity index (χ0n) is 10.2. The number of anilines is 1. The fourth-order valence-electron chi connectivity index (χ4n) is 1.50. The molecule has 0 bridgehead atoms. The lowest BCUT2D eigenvalue weighted by Crippen LogP contribution is -2.08. The average Bonchev–Trinajstić information content (AvgIpc) is 2.46. The molecule has 0 aliphatic carbocycles. The van der Waals surface area contributed by atoms with Crippen molar-refractivity contribution in [2.45, 2.75) is 0 Å². The van der Waals surface area contributed by atoms with Crippen LogP contribution in [0, 0.1) is 24.2 Å². The van der Waals surface area contributed by atoms with Gasteiger partial charge in [-0.1, -0.05) is 36.1 Å². The topological polar surface area (TPSA) is 29.1 Å². The van der Waals surface area contributed by atoms with Gasteiger partial charge in [-0.3, -0.25) is 4.79 Å². The number of amides is 1. The van der Waals surface area contributed by atoms with Crippen LogP contribution >= 0.6 is 0 Å². The molecule has 90 valence electrons. The molecule has 0 atom stereocenters. The van der Waals surface area contributed by atoms with E-state index in [-0.39, 0.29) is 5.91 Å². The van der Waals surface area contributed by atoms with E-state index in [0.717, 1.165) is 5.56 Å². The van der Waals surface area contributed by atoms with Gasteiger partial charge < -0.3 is 5.32 Å². The van der Waals surface area contributed by atoms with E-state index in [2.05, 4.69) is 23.1 Å². The minimum absolute atomic E-state index is 0.363. The van der Waals surface area contributed by atoms with E-state index in [1.807, 2.05) is 30.3 Å². The van der Waals surface area contributed by atoms with Gasteiger partial charge in [-0.25, -0.2) is 0 Å². The van der Waals surface area contributed by atoms with E-state index in [1.165, 1.54) is 0 Å². The molecule has 0 aliphatic rings. The van der Waals surface area contributed by atoms with Gasteiger partial charge >= 0.3 is 5.91 Å². The highest BCUT2D eigenvalue weighted by atomic mass is 16.1. The largest absolute Gasteiger partial charge is 0.315 e. The first-order valence-electron chi connectivity index (χ1n) is 5.72. The van der Waals surface area contributed by atoms with E-state index < -0.39 is 0 Å². The van der Waals surface area contributed by atoms with Crippen LogP contribution < -0.4 is 5.32 Å². The van der Waals surface area contributed by atoms with Crippen molar-refractivity contribution in [3.05, 3.63) is 65.7 Å². The van der Waals surface area contributed by atoms with Crippen LogP contribution in [-0.2, 0) is 4.79 Å². The molecular weight excluding hydrogens is 234 g/mol. The summed E-state index contributed by atoms with van der Waals surface area (Å²) in [5.74, 6) is 7.47. The van der Waals surface area contributed by atoms with E-state index >= 15 is 0 Å². The zero-order chi connectivity index (χ0) is 13.5. The van der Waals surface area contributed by atoms with Crippen LogP contribution in [0.5, 0.6) is 0 Å². The molecule has 0 aromatic heterocycles. The number of hydrogen-bond donors (Lipinski definition) is 1. The first kappa shape index (κ1) is 12.5. The summed E-state index contributed by atoms with van der Waals surface area (Å²) in [6, 6.07) is 16.4. The highest BCUT2D eigenvalue weighted by Crippen LogP contribution is 2.09. The maximum atomic E-state index is 11.6. The zero-order valence-corrected chi connectivity index (χ0v) is 10.2. The SMILES string of the molecule is C#Cc1cccc(NC(=O)C#Cc2ccccc2)c1. The standard InChI is InChI=1S/C17H11NO/c1-2-14-9-6-10-16(13-14)18-17(19)12-11-15-7-4-3-5-8-15/h1,3-10,13H,(H,18,19). The second-order valence-electron chi connectivity index (χ2n) is 3.80. The van der Waals surface area contributed by atoms with Gasteiger partial charge in [0.2, 0.25) is 0 Å². The van der Waals surface area contributed by atoms with Gasteiger partial charge in [-0.2, -0.15) is 0 Å². The van der Waals surface area contributed by atoms with Gasteiger partial charge in [-0.05, 0) is 30.3 Å². The van der Waals surface area contributed by atoms with Gasteiger partial charge in [0.25, 0.3) is 0 Å². The summed E-state index contributed by atoms with van der Waals surface area (Å²) in [7, 11) is 0. The van der Waals surface area contributed by atoms with Crippen molar-refractivity contribution in [2.24, 2.45) is 0 Å². The van der Waals surface area contributed by atoms with Gasteiger partial charge in [0.05, 0.1) is 0 Å². The Balaban J connectivity index is 2.06. The third-order valence-corrected chi connectivity index (χ3v) is 2.38. The molecular formula is C17H11NO. The van der Waals surface area contributed by atoms with Crippen molar-refractivity contribution < 1.29 is 4.79 Å². The summed E-state index contributed by atoms with van der Waals surface area (Å²) < 4.78 is 0. The molecule has 1 N–H and O–H groups in total. The van der Waals surface area contributed by atoms with E-state index in [0.29, 0.717) is 11.3 Å². The summed E-state index contributed by atoms with van der Waals surface area (Å²) in [4.78, 5) is 11.6. The number of carbonyl (C=O) groups is 1. The van der Waals surface area contributed by atoms with Crippen LogP contribution in [0.25, 0.3) is 0 Å². The predicted octanol–water partition coefficient (Wildman–Crippen LogP) is 2.66. The molecule has 0 radical (unpaired) electrons. The normalized spacial score (nSPS) is 8.79. The van der Waals surface area contributed by atoms with Crippen molar-refractivity contribution >= 4 is 11.6 Å². The first-order valence-corrected chi connectivity index (χ1v) is 5.72. The van der Waals surface area contributed by atoms with Crippen LogP contribution in [0.15, 0.2) is 54.6 Å². The quantitative estimate of drug-likeness (QED) is 0.769. The number of rotatable bonds is 1. The lowest BCUT2D eigenvalue weighted by atomic mass is 10.2. The fraction of sp³-hybridized carbons (Fsp3) is 0. The number of carbonyl (C=O) groups excluding carboxylic acids is 1. The average molecular weight is 245 g/mol. The molecule has 2 nitrogen and oxygen atoms in total. The monoisotopic (exact) mass is 245 g/mol. The summed E-state index contributed by atoms with van der Waals surface area (Å²) in [6.07, 6.45) is 5.29. The first-order chi connectivity index (χ1) is 9.28. The molecule has 0 saturated carbocycles. The molecule has 2 aromatic carbocycles. The Morgan fingerprint density at radius 1 is 1.00 bits per heavy atom. The minimum atomic E-state index is -0.363. The van der Waals surface area contributed by atoms with Crippen molar-refractivity contribution in [2.75, 3.05) is 5.32 Å². The van der Waals surface area contributed by atoms with Crippen molar-refractivity contribution in [3.63, 3.8) is 0 Å². The smallest absolute Gasteiger partial charge is 0.300 e. The van der Waals surface area contributed by atoms with Crippen LogP contribution in [0.1, 0.15) is 11.1 Å². The maximum Gasteiger partial charge on any atom is 0.300 e. The number of terminal acetylenes is 1. The number of nitrogens with one attached hydrogen (secondary N) is 1. The Bertz CT molecular complexity index is 684. The Hall–Kier alpha value is -2.97. The van der Waals surface area contributed by atoms with Gasteiger partial charge in [0.15, 0.2) is 0 Å². The molecule has 19 heavy (non-hydrogen) atoms. The van der Waals surface area contributed by atoms with Crippen LogP contribution in [-0.4, -0.2) is 5.91 Å². The Morgan fingerprint density at radius 2 is 1.74 bits per heavy atom. The van der Waals surface area contributed by atoms with Gasteiger partial charge in [0, 0.05) is 22.7 Å². The molecule has 0 aliphatic heterocycles. The molecule has 2 rings (SSSR count). The van der Waals surface area contributed by atoms with E-state index in [9.17, 15) is 4.79 Å². The lowest BCUT2D eigenvalue weighted by Gasteiger charge is -2.00. The molecule has 2 aromatic rings. The second-order valence-corrected chi connectivity index (χ2v) is 3.80. The Labute approximate surface area is 112 Å². The van der Waals surface area contributed by atoms with Crippen LogP contribution in [0.2, 0.25) is 0 Å². The Kier molecular flexibility index (Phi) is 4.01. The van der Waals surface area contributed by atoms with E-state index in [1.54, 1.807) is 24.3 Å². The minimum Gasteiger partial charge on any atom is -0.315 e. The summed E-state index contributed by atoms with van der Waals surface area (Å²) in [5.41, 5.74) is 2.16. The summed E-state index contributed by atoms with van der Waals surface area (Å²) in [5, 5.41) is 2.68. The highest BCUT2D eigenvalue weighted by Gasteiger charge is 1.98. The molecule has 0 heterocycles. The van der Waals surface area contributed by atoms with Crippen LogP contribution in [0.3, 0.4) is 0 Å². The molecule has 0 unspecified atom stereocenters. The van der Waals surface area contributed by atoms with Gasteiger partial charge in [-0.15, -0.1) is 6.42 Å². The third-order valence-electron chi connectivity index (χ3n) is 2.38. The number of hydrogen-bond acceptors (Lipinski definition) is 1. The molecule has 0 saturated heterocycles. The lowest BCUT2D eigenvalue weighted by molar-refractivity contribution is -0.111. The molecule has 2 heteroatoms. The predicted molar refractivity (Wildman–Crippen MR) is 76.3 cm³/mol. The van der Waals surface area contributed by atoms with Crippen molar-refractivity contribution in [1.29, 1.82) is 0 Å². The van der Waals surface area contributed by atoms with Crippen LogP contribution in [0.4, 0.5) is 5.69 Å². The van der Waals surface area contributed by atoms with Crippen molar-refractivity contribution in [1.82, 2.24) is 0 Å². The Morgan fingerprint density at radius 3 is 2.47 bits per heavy atom. The fourth-order valence-corrected chi connectivity index (χ4v) is 1.50. The van der Waals surface area contributed by atoms with Gasteiger partial charge in [0.1, 0.15) is 0 Å². The maximum absolute atomic E-state index is 11.6. The second kappa shape index (κ2) is 6.10.